The van der Waals surface area contributed by atoms with E-state index in [2.05, 4.69) is 5.32 Å². The van der Waals surface area contributed by atoms with Crippen LogP contribution in [0.15, 0.2) is 24.0 Å². The van der Waals surface area contributed by atoms with E-state index >= 15 is 0 Å². The number of aliphatic carboxylic acids is 2. The lowest BCUT2D eigenvalue weighted by Crippen LogP contribution is -2.20. The average molecular weight is 183 g/mol. The van der Waals surface area contributed by atoms with Gasteiger partial charge in [0.05, 0.1) is 6.42 Å². The Kier molecular flexibility index (Phi) is 2.69. The first-order chi connectivity index (χ1) is 6.09. The smallest absolute Gasteiger partial charge is 0.351 e. The zero-order chi connectivity index (χ0) is 9.84. The molecule has 0 aromatic carbocycles. The Bertz CT molecular complexity index is 293. The van der Waals surface area contributed by atoms with Crippen LogP contribution in [0.2, 0.25) is 0 Å². The van der Waals surface area contributed by atoms with Gasteiger partial charge in [-0.2, -0.15) is 0 Å². The molecule has 1 atom stereocenters. The minimum absolute atomic E-state index is 0.0220. The lowest BCUT2D eigenvalue weighted by atomic mass is 10.0. The van der Waals surface area contributed by atoms with E-state index in [0.717, 1.165) is 0 Å². The highest BCUT2D eigenvalue weighted by Crippen LogP contribution is 2.13. The number of nitrogens with one attached hydrogen (secondary N) is 1. The Hall–Kier alpha value is -1.78. The van der Waals surface area contributed by atoms with E-state index in [4.69, 9.17) is 10.2 Å². The summed E-state index contributed by atoms with van der Waals surface area (Å²) in [5.74, 6) is -2.37. The van der Waals surface area contributed by atoms with Gasteiger partial charge in [-0.25, -0.2) is 4.79 Å². The molecular formula is C8H9NO4. The molecule has 5 heteroatoms. The van der Waals surface area contributed by atoms with Crippen molar-refractivity contribution in [2.45, 2.75) is 6.42 Å². The van der Waals surface area contributed by atoms with Crippen LogP contribution in [0.25, 0.3) is 0 Å². The van der Waals surface area contributed by atoms with Gasteiger partial charge in [-0.15, -0.1) is 0 Å². The molecule has 1 unspecified atom stereocenters. The van der Waals surface area contributed by atoms with Crippen molar-refractivity contribution < 1.29 is 19.8 Å². The van der Waals surface area contributed by atoms with E-state index in [-0.39, 0.29) is 18.0 Å². The summed E-state index contributed by atoms with van der Waals surface area (Å²) in [5.41, 5.74) is 0.0220. The maximum atomic E-state index is 10.5. The molecule has 13 heavy (non-hydrogen) atoms. The lowest BCUT2D eigenvalue weighted by Gasteiger charge is -2.12. The Morgan fingerprint density at radius 2 is 2.15 bits per heavy atom. The Morgan fingerprint density at radius 1 is 1.46 bits per heavy atom. The molecule has 0 radical (unpaired) electrons. The van der Waals surface area contributed by atoms with Gasteiger partial charge in [0.1, 0.15) is 5.70 Å². The van der Waals surface area contributed by atoms with Crippen molar-refractivity contribution in [2.24, 2.45) is 5.92 Å². The highest BCUT2D eigenvalue weighted by Gasteiger charge is 2.15. The number of carbonyl (C=O) groups is 2. The molecule has 0 aromatic rings. The summed E-state index contributed by atoms with van der Waals surface area (Å²) in [4.78, 5) is 20.8. The van der Waals surface area contributed by atoms with E-state index in [0.29, 0.717) is 0 Å². The SMILES string of the molecule is O=C(O)CC1C=CNC(C(=O)O)=C1. The van der Waals surface area contributed by atoms with Gasteiger partial charge in [-0.3, -0.25) is 4.79 Å². The number of carboxylic acid groups (broad SMARTS) is 2. The topological polar surface area (TPSA) is 86.6 Å². The molecule has 0 aliphatic carbocycles. The zero-order valence-electron chi connectivity index (χ0n) is 6.73. The molecule has 3 N–H and O–H groups in total. The first kappa shape index (κ1) is 9.31. The molecule has 1 heterocycles. The third kappa shape index (κ3) is 2.62. The third-order valence-electron chi connectivity index (χ3n) is 1.60. The summed E-state index contributed by atoms with van der Waals surface area (Å²) in [5, 5.41) is 19.5. The standard InChI is InChI=1S/C8H9NO4/c10-7(11)4-5-1-2-9-6(3-5)8(12)13/h1-3,5,9H,4H2,(H,10,11)(H,12,13). The molecule has 0 bridgehead atoms. The van der Waals surface area contributed by atoms with Crippen molar-refractivity contribution in [3.05, 3.63) is 24.0 Å². The Morgan fingerprint density at radius 3 is 2.69 bits per heavy atom. The predicted molar refractivity (Wildman–Crippen MR) is 43.7 cm³/mol. The Balaban J connectivity index is 2.67. The number of allylic oxidation sites excluding steroid dienone is 2. The van der Waals surface area contributed by atoms with Crippen LogP contribution < -0.4 is 5.32 Å². The number of hydrogen-bond donors (Lipinski definition) is 3. The van der Waals surface area contributed by atoms with Crippen LogP contribution in [0, 0.1) is 5.92 Å². The molecule has 0 amide bonds. The van der Waals surface area contributed by atoms with Gasteiger partial charge in [0.2, 0.25) is 0 Å². The molecule has 0 fully saturated rings. The molecule has 1 rings (SSSR count). The van der Waals surface area contributed by atoms with Crippen molar-refractivity contribution in [1.29, 1.82) is 0 Å². The molecule has 5 nitrogen and oxygen atoms in total. The maximum Gasteiger partial charge on any atom is 0.351 e. The first-order valence-corrected chi connectivity index (χ1v) is 3.69. The number of hydrogen-bond acceptors (Lipinski definition) is 3. The average Bonchev–Trinajstić information content (AvgIpc) is 2.03. The second-order valence-electron chi connectivity index (χ2n) is 2.65. The van der Waals surface area contributed by atoms with Crippen molar-refractivity contribution in [3.63, 3.8) is 0 Å². The maximum absolute atomic E-state index is 10.5. The van der Waals surface area contributed by atoms with E-state index < -0.39 is 11.9 Å². The largest absolute Gasteiger partial charge is 0.481 e. The minimum atomic E-state index is -1.08. The van der Waals surface area contributed by atoms with E-state index in [9.17, 15) is 9.59 Å². The fraction of sp³-hybridized carbons (Fsp3) is 0.250. The highest BCUT2D eigenvalue weighted by atomic mass is 16.4. The first-order valence-electron chi connectivity index (χ1n) is 3.69. The quantitative estimate of drug-likeness (QED) is 0.580. The molecule has 0 aromatic heterocycles. The van der Waals surface area contributed by atoms with Gasteiger partial charge in [0.15, 0.2) is 0 Å². The summed E-state index contributed by atoms with van der Waals surface area (Å²) < 4.78 is 0. The summed E-state index contributed by atoms with van der Waals surface area (Å²) >= 11 is 0. The lowest BCUT2D eigenvalue weighted by molar-refractivity contribution is -0.137. The van der Waals surface area contributed by atoms with Crippen LogP contribution in [0.1, 0.15) is 6.42 Å². The van der Waals surface area contributed by atoms with Crippen molar-refractivity contribution in [3.8, 4) is 0 Å². The van der Waals surface area contributed by atoms with Gasteiger partial charge in [-0.1, -0.05) is 6.08 Å². The van der Waals surface area contributed by atoms with Crippen molar-refractivity contribution in [2.75, 3.05) is 0 Å². The van der Waals surface area contributed by atoms with Crippen LogP contribution in [-0.2, 0) is 9.59 Å². The third-order valence-corrected chi connectivity index (χ3v) is 1.60. The molecule has 1 aliphatic rings. The fourth-order valence-corrected chi connectivity index (χ4v) is 1.04. The molecule has 1 aliphatic heterocycles. The molecule has 70 valence electrons. The van der Waals surface area contributed by atoms with Crippen LogP contribution in [-0.4, -0.2) is 22.2 Å². The zero-order valence-corrected chi connectivity index (χ0v) is 6.73. The van der Waals surface area contributed by atoms with Gasteiger partial charge in [-0.05, 0) is 12.3 Å². The van der Waals surface area contributed by atoms with Crippen LogP contribution in [0.5, 0.6) is 0 Å². The van der Waals surface area contributed by atoms with Crippen molar-refractivity contribution >= 4 is 11.9 Å². The summed E-state index contributed by atoms with van der Waals surface area (Å²) in [7, 11) is 0. The van der Waals surface area contributed by atoms with Crippen molar-refractivity contribution in [1.82, 2.24) is 5.32 Å². The predicted octanol–water partition coefficient (Wildman–Crippen LogP) is 0.163. The number of rotatable bonds is 3. The normalized spacial score (nSPS) is 20.3. The molecular weight excluding hydrogens is 174 g/mol. The van der Waals surface area contributed by atoms with E-state index in [1.807, 2.05) is 0 Å². The highest BCUT2D eigenvalue weighted by molar-refractivity contribution is 5.86. The Labute approximate surface area is 74.4 Å². The van der Waals surface area contributed by atoms with Crippen LogP contribution >= 0.6 is 0 Å². The molecule has 0 spiro atoms. The fourth-order valence-electron chi connectivity index (χ4n) is 1.04. The van der Waals surface area contributed by atoms with Crippen LogP contribution in [0.3, 0.4) is 0 Å². The second kappa shape index (κ2) is 3.75. The summed E-state index contributed by atoms with van der Waals surface area (Å²) in [6.45, 7) is 0. The second-order valence-corrected chi connectivity index (χ2v) is 2.65. The molecule has 0 saturated carbocycles. The monoisotopic (exact) mass is 183 g/mol. The van der Waals surface area contributed by atoms with Gasteiger partial charge in [0.25, 0.3) is 0 Å². The van der Waals surface area contributed by atoms with Gasteiger partial charge < -0.3 is 15.5 Å². The summed E-state index contributed by atoms with van der Waals surface area (Å²) in [6, 6.07) is 0. The minimum Gasteiger partial charge on any atom is -0.481 e. The van der Waals surface area contributed by atoms with E-state index in [1.165, 1.54) is 12.3 Å². The van der Waals surface area contributed by atoms with E-state index in [1.54, 1.807) is 6.08 Å². The van der Waals surface area contributed by atoms with Crippen LogP contribution in [0.4, 0.5) is 0 Å². The number of carboxylic acids is 2. The van der Waals surface area contributed by atoms with Gasteiger partial charge >= 0.3 is 11.9 Å². The number of dihydropyridines is 1. The summed E-state index contributed by atoms with van der Waals surface area (Å²) in [6.07, 6.45) is 4.35. The van der Waals surface area contributed by atoms with Gasteiger partial charge in [0, 0.05) is 5.92 Å². The molecule has 0 saturated heterocycles.